The first-order chi connectivity index (χ1) is 22.8. The molecule has 4 aromatic rings. The van der Waals surface area contributed by atoms with E-state index in [2.05, 4.69) is 21.2 Å². The molecule has 1 N–H and O–H groups in total. The monoisotopic (exact) mass is 777 g/mol. The lowest BCUT2D eigenvalue weighted by Crippen LogP contribution is -2.56. The summed E-state index contributed by atoms with van der Waals surface area (Å²) in [6.45, 7) is 6.11. The first kappa shape index (κ1) is 37.9. The predicted octanol–water partition coefficient (Wildman–Crippen LogP) is 8.18. The molecule has 0 spiro atoms. The standard InChI is InChI=1S/C36H36BrClF3N3O4S/c1-24-10-17-29(18-11-24)49(47,48)44(28-16-19-31(38)30(21-28)36(39,40)41)23-33(45)43(22-26-12-14-27(37)15-13-26)32(34(46)42-35(2,3)4)20-25-8-6-5-7-9-25/h5-19,21,32H,20,22-23H2,1-4H3,(H,42,46)/t32-/m0/s1. The van der Waals surface area contributed by atoms with Crippen molar-refractivity contribution in [2.24, 2.45) is 0 Å². The molecule has 0 aliphatic carbocycles. The smallest absolute Gasteiger partial charge is 0.350 e. The van der Waals surface area contributed by atoms with Crippen molar-refractivity contribution in [3.05, 3.63) is 129 Å². The van der Waals surface area contributed by atoms with Gasteiger partial charge in [0.15, 0.2) is 0 Å². The molecule has 0 radical (unpaired) electrons. The number of anilines is 1. The molecule has 0 aliphatic heterocycles. The Bertz CT molecular complexity index is 1880. The number of carbonyl (C=O) groups is 2. The minimum absolute atomic E-state index is 0.0783. The Morgan fingerprint density at radius 1 is 0.878 bits per heavy atom. The maximum atomic E-state index is 14.6. The summed E-state index contributed by atoms with van der Waals surface area (Å²) in [5, 5.41) is 2.30. The number of rotatable bonds is 11. The molecule has 7 nitrogen and oxygen atoms in total. The molecular formula is C36H36BrClF3N3O4S. The van der Waals surface area contributed by atoms with Crippen LogP contribution in [0.25, 0.3) is 0 Å². The van der Waals surface area contributed by atoms with Gasteiger partial charge in [-0.3, -0.25) is 13.9 Å². The third-order valence-electron chi connectivity index (χ3n) is 7.47. The van der Waals surface area contributed by atoms with E-state index in [1.165, 1.54) is 17.0 Å². The van der Waals surface area contributed by atoms with Crippen molar-refractivity contribution in [1.82, 2.24) is 10.2 Å². The lowest BCUT2D eigenvalue weighted by atomic mass is 10.0. The Labute approximate surface area is 298 Å². The second-order valence-corrected chi connectivity index (χ2v) is 15.8. The van der Waals surface area contributed by atoms with E-state index < -0.39 is 62.4 Å². The second kappa shape index (κ2) is 15.3. The molecule has 4 aromatic carbocycles. The van der Waals surface area contributed by atoms with Crippen LogP contribution in [-0.2, 0) is 38.8 Å². The summed E-state index contributed by atoms with van der Waals surface area (Å²) in [7, 11) is -4.62. The maximum absolute atomic E-state index is 14.6. The molecule has 0 unspecified atom stereocenters. The molecule has 0 saturated heterocycles. The topological polar surface area (TPSA) is 86.8 Å². The van der Waals surface area contributed by atoms with Gasteiger partial charge in [0.1, 0.15) is 12.6 Å². The van der Waals surface area contributed by atoms with Crippen molar-refractivity contribution in [1.29, 1.82) is 0 Å². The molecule has 0 aliphatic rings. The number of carbonyl (C=O) groups excluding carboxylic acids is 2. The lowest BCUT2D eigenvalue weighted by molar-refractivity contribution is -0.140. The van der Waals surface area contributed by atoms with E-state index in [1.807, 2.05) is 6.07 Å². The zero-order chi connectivity index (χ0) is 36.1. The van der Waals surface area contributed by atoms with Gasteiger partial charge in [-0.05, 0) is 81.3 Å². The first-order valence-electron chi connectivity index (χ1n) is 15.2. The van der Waals surface area contributed by atoms with E-state index in [0.29, 0.717) is 15.9 Å². The van der Waals surface area contributed by atoms with E-state index in [1.54, 1.807) is 88.4 Å². The van der Waals surface area contributed by atoms with Gasteiger partial charge in [0.05, 0.1) is 21.2 Å². The van der Waals surface area contributed by atoms with E-state index in [-0.39, 0.29) is 17.9 Å². The van der Waals surface area contributed by atoms with Crippen LogP contribution in [-0.4, -0.2) is 43.3 Å². The molecule has 49 heavy (non-hydrogen) atoms. The molecule has 260 valence electrons. The van der Waals surface area contributed by atoms with Crippen LogP contribution in [0.5, 0.6) is 0 Å². The van der Waals surface area contributed by atoms with Gasteiger partial charge in [0.25, 0.3) is 10.0 Å². The molecule has 0 bridgehead atoms. The van der Waals surface area contributed by atoms with Gasteiger partial charge in [0.2, 0.25) is 11.8 Å². The summed E-state index contributed by atoms with van der Waals surface area (Å²) in [4.78, 5) is 29.6. The number of amides is 2. The highest BCUT2D eigenvalue weighted by Crippen LogP contribution is 2.38. The van der Waals surface area contributed by atoms with Crippen molar-refractivity contribution in [3.8, 4) is 0 Å². The van der Waals surface area contributed by atoms with Crippen LogP contribution < -0.4 is 9.62 Å². The number of halogens is 5. The van der Waals surface area contributed by atoms with Gasteiger partial charge in [-0.1, -0.05) is 87.7 Å². The van der Waals surface area contributed by atoms with Crippen LogP contribution in [0.1, 0.15) is 43.0 Å². The van der Waals surface area contributed by atoms with Crippen molar-refractivity contribution in [2.75, 3.05) is 10.8 Å². The highest BCUT2D eigenvalue weighted by molar-refractivity contribution is 9.10. The van der Waals surface area contributed by atoms with Gasteiger partial charge in [-0.2, -0.15) is 13.2 Å². The van der Waals surface area contributed by atoms with Crippen LogP contribution in [0.2, 0.25) is 5.02 Å². The number of sulfonamides is 1. The van der Waals surface area contributed by atoms with Crippen molar-refractivity contribution in [3.63, 3.8) is 0 Å². The van der Waals surface area contributed by atoms with Gasteiger partial charge in [-0.15, -0.1) is 0 Å². The van der Waals surface area contributed by atoms with Gasteiger partial charge < -0.3 is 10.2 Å². The molecule has 0 aromatic heterocycles. The summed E-state index contributed by atoms with van der Waals surface area (Å²) < 4.78 is 71.7. The minimum Gasteiger partial charge on any atom is -0.350 e. The number of alkyl halides is 3. The SMILES string of the molecule is Cc1ccc(S(=O)(=O)N(CC(=O)N(Cc2ccc(Br)cc2)[C@@H](Cc2ccccc2)C(=O)NC(C)(C)C)c2ccc(Cl)c(C(F)(F)F)c2)cc1. The van der Waals surface area contributed by atoms with E-state index in [9.17, 15) is 31.2 Å². The average Bonchev–Trinajstić information content (AvgIpc) is 3.02. The van der Waals surface area contributed by atoms with Gasteiger partial charge in [-0.25, -0.2) is 8.42 Å². The fourth-order valence-corrected chi connectivity index (χ4v) is 6.94. The molecule has 4 rings (SSSR count). The number of nitrogens with one attached hydrogen (secondary N) is 1. The summed E-state index contributed by atoms with van der Waals surface area (Å²) in [5.41, 5.74) is -0.244. The van der Waals surface area contributed by atoms with Crippen LogP contribution in [0.15, 0.2) is 106 Å². The average molecular weight is 779 g/mol. The first-order valence-corrected chi connectivity index (χ1v) is 17.8. The summed E-state index contributed by atoms with van der Waals surface area (Å²) in [6, 6.07) is 23.3. The zero-order valence-corrected chi connectivity index (χ0v) is 30.4. The molecule has 0 heterocycles. The highest BCUT2D eigenvalue weighted by atomic mass is 79.9. The third kappa shape index (κ3) is 10.1. The Morgan fingerprint density at radius 3 is 2.06 bits per heavy atom. The fraction of sp³-hybridized carbons (Fsp3) is 0.278. The van der Waals surface area contributed by atoms with E-state index in [4.69, 9.17) is 11.6 Å². The molecule has 1 atom stereocenters. The van der Waals surface area contributed by atoms with Gasteiger partial charge in [0, 0.05) is 23.0 Å². The minimum atomic E-state index is -4.91. The Kier molecular flexibility index (Phi) is 11.9. The summed E-state index contributed by atoms with van der Waals surface area (Å²) in [5.74, 6) is -1.30. The number of hydrogen-bond donors (Lipinski definition) is 1. The molecule has 2 amide bonds. The van der Waals surface area contributed by atoms with Crippen molar-refractivity contribution >= 4 is 55.1 Å². The van der Waals surface area contributed by atoms with Crippen LogP contribution in [0, 0.1) is 6.92 Å². The van der Waals surface area contributed by atoms with Crippen LogP contribution >= 0.6 is 27.5 Å². The Balaban J connectivity index is 1.88. The van der Waals surface area contributed by atoms with E-state index in [0.717, 1.165) is 27.7 Å². The maximum Gasteiger partial charge on any atom is 0.417 e. The number of nitrogens with zero attached hydrogens (tertiary/aromatic N) is 2. The van der Waals surface area contributed by atoms with Crippen LogP contribution in [0.4, 0.5) is 18.9 Å². The normalized spacial score (nSPS) is 12.7. The highest BCUT2D eigenvalue weighted by Gasteiger charge is 2.38. The number of hydrogen-bond acceptors (Lipinski definition) is 4. The summed E-state index contributed by atoms with van der Waals surface area (Å²) in [6.07, 6.45) is -4.83. The molecule has 0 fully saturated rings. The van der Waals surface area contributed by atoms with E-state index >= 15 is 0 Å². The third-order valence-corrected chi connectivity index (χ3v) is 10.1. The number of aryl methyl sites for hydroxylation is 1. The van der Waals surface area contributed by atoms with Crippen molar-refractivity contribution in [2.45, 2.75) is 63.3 Å². The van der Waals surface area contributed by atoms with Gasteiger partial charge >= 0.3 is 6.18 Å². The second-order valence-electron chi connectivity index (χ2n) is 12.6. The fourth-order valence-electron chi connectivity index (χ4n) is 5.05. The van der Waals surface area contributed by atoms with Crippen LogP contribution in [0.3, 0.4) is 0 Å². The molecular weight excluding hydrogens is 743 g/mol. The molecule has 0 saturated carbocycles. The summed E-state index contributed by atoms with van der Waals surface area (Å²) >= 11 is 9.28. The quantitative estimate of drug-likeness (QED) is 0.167. The van der Waals surface area contributed by atoms with Crippen molar-refractivity contribution < 1.29 is 31.2 Å². The predicted molar refractivity (Wildman–Crippen MR) is 189 cm³/mol. The Morgan fingerprint density at radius 2 is 1.49 bits per heavy atom. The zero-order valence-electron chi connectivity index (χ0n) is 27.3. The Hall–Kier alpha value is -3.87. The number of benzene rings is 4. The molecule has 13 heteroatoms. The largest absolute Gasteiger partial charge is 0.417 e. The lowest BCUT2D eigenvalue weighted by Gasteiger charge is -2.35.